The SMILES string of the molecule is CCC(O)(CC)CNC(C)c1ccc2c(c1)CCC2. The number of rotatable bonds is 6. The van der Waals surface area contributed by atoms with Gasteiger partial charge in [0.05, 0.1) is 5.60 Å². The molecule has 2 rings (SSSR count). The molecule has 19 heavy (non-hydrogen) atoms. The van der Waals surface area contributed by atoms with Gasteiger partial charge in [0.25, 0.3) is 0 Å². The van der Waals surface area contributed by atoms with E-state index in [1.807, 2.05) is 13.8 Å². The van der Waals surface area contributed by atoms with Crippen molar-refractivity contribution in [3.8, 4) is 0 Å². The molecule has 0 saturated carbocycles. The Kier molecular flexibility index (Phi) is 4.64. The van der Waals surface area contributed by atoms with Gasteiger partial charge in [-0.3, -0.25) is 0 Å². The van der Waals surface area contributed by atoms with Crippen LogP contribution in [0.5, 0.6) is 0 Å². The van der Waals surface area contributed by atoms with Crippen LogP contribution >= 0.6 is 0 Å². The topological polar surface area (TPSA) is 32.3 Å². The highest BCUT2D eigenvalue weighted by atomic mass is 16.3. The highest BCUT2D eigenvalue weighted by Crippen LogP contribution is 2.25. The maximum Gasteiger partial charge on any atom is 0.0766 e. The van der Waals surface area contributed by atoms with Crippen molar-refractivity contribution in [3.63, 3.8) is 0 Å². The Balaban J connectivity index is 1.98. The molecular weight excluding hydrogens is 234 g/mol. The fourth-order valence-electron chi connectivity index (χ4n) is 2.82. The van der Waals surface area contributed by atoms with E-state index in [0.717, 1.165) is 12.8 Å². The van der Waals surface area contributed by atoms with E-state index in [4.69, 9.17) is 0 Å². The molecule has 0 fully saturated rings. The average Bonchev–Trinajstić information content (AvgIpc) is 2.91. The number of nitrogens with one attached hydrogen (secondary N) is 1. The van der Waals surface area contributed by atoms with Crippen LogP contribution in [0.15, 0.2) is 18.2 Å². The third kappa shape index (κ3) is 3.37. The number of aryl methyl sites for hydroxylation is 2. The summed E-state index contributed by atoms with van der Waals surface area (Å²) in [5, 5.41) is 13.8. The molecule has 2 nitrogen and oxygen atoms in total. The van der Waals surface area contributed by atoms with Crippen molar-refractivity contribution < 1.29 is 5.11 Å². The predicted octanol–water partition coefficient (Wildman–Crippen LogP) is 3.38. The number of hydrogen-bond acceptors (Lipinski definition) is 2. The lowest BCUT2D eigenvalue weighted by atomic mass is 9.96. The maximum atomic E-state index is 10.3. The summed E-state index contributed by atoms with van der Waals surface area (Å²) in [5.74, 6) is 0. The zero-order valence-corrected chi connectivity index (χ0v) is 12.5. The first-order chi connectivity index (χ1) is 9.08. The van der Waals surface area contributed by atoms with Crippen molar-refractivity contribution >= 4 is 0 Å². The third-order valence-electron chi connectivity index (χ3n) is 4.68. The molecular formula is C17H27NO. The molecule has 0 aliphatic heterocycles. The van der Waals surface area contributed by atoms with Crippen molar-refractivity contribution in [2.45, 2.75) is 64.5 Å². The summed E-state index contributed by atoms with van der Waals surface area (Å²) in [6.07, 6.45) is 5.36. The Bertz CT molecular complexity index is 423. The summed E-state index contributed by atoms with van der Waals surface area (Å²) in [6, 6.07) is 7.16. The molecule has 1 atom stereocenters. The van der Waals surface area contributed by atoms with Crippen LogP contribution in [0.25, 0.3) is 0 Å². The second-order valence-corrected chi connectivity index (χ2v) is 5.92. The van der Waals surface area contributed by atoms with Crippen molar-refractivity contribution in [2.75, 3.05) is 6.54 Å². The van der Waals surface area contributed by atoms with Crippen LogP contribution in [0.2, 0.25) is 0 Å². The molecule has 0 aromatic heterocycles. The first-order valence-corrected chi connectivity index (χ1v) is 7.65. The van der Waals surface area contributed by atoms with Crippen molar-refractivity contribution in [2.24, 2.45) is 0 Å². The second-order valence-electron chi connectivity index (χ2n) is 5.92. The zero-order chi connectivity index (χ0) is 13.9. The Morgan fingerprint density at radius 2 is 1.89 bits per heavy atom. The molecule has 1 unspecified atom stereocenters. The molecule has 0 amide bonds. The predicted molar refractivity (Wildman–Crippen MR) is 80.4 cm³/mol. The molecule has 0 bridgehead atoms. The molecule has 2 heteroatoms. The first-order valence-electron chi connectivity index (χ1n) is 7.65. The van der Waals surface area contributed by atoms with Gasteiger partial charge in [-0.25, -0.2) is 0 Å². The highest BCUT2D eigenvalue weighted by molar-refractivity contribution is 5.36. The largest absolute Gasteiger partial charge is 0.389 e. The second kappa shape index (κ2) is 6.06. The molecule has 0 spiro atoms. The quantitative estimate of drug-likeness (QED) is 0.823. The summed E-state index contributed by atoms with van der Waals surface area (Å²) in [4.78, 5) is 0. The van der Waals surface area contributed by atoms with Gasteiger partial charge in [-0.1, -0.05) is 32.0 Å². The van der Waals surface area contributed by atoms with Gasteiger partial charge in [0.1, 0.15) is 0 Å². The van der Waals surface area contributed by atoms with E-state index < -0.39 is 5.60 Å². The lowest BCUT2D eigenvalue weighted by Crippen LogP contribution is -2.40. The highest BCUT2D eigenvalue weighted by Gasteiger charge is 2.23. The Morgan fingerprint density at radius 1 is 1.21 bits per heavy atom. The van der Waals surface area contributed by atoms with E-state index in [1.54, 1.807) is 0 Å². The molecule has 2 N–H and O–H groups in total. The fraction of sp³-hybridized carbons (Fsp3) is 0.647. The van der Waals surface area contributed by atoms with Crippen LogP contribution in [0, 0.1) is 0 Å². The summed E-state index contributed by atoms with van der Waals surface area (Å²) in [6.45, 7) is 6.94. The lowest BCUT2D eigenvalue weighted by molar-refractivity contribution is 0.0303. The van der Waals surface area contributed by atoms with Crippen LogP contribution in [0.1, 0.15) is 62.8 Å². The maximum absolute atomic E-state index is 10.3. The van der Waals surface area contributed by atoms with E-state index >= 15 is 0 Å². The van der Waals surface area contributed by atoms with Crippen molar-refractivity contribution in [1.82, 2.24) is 5.32 Å². The van der Waals surface area contributed by atoms with Gasteiger partial charge in [-0.2, -0.15) is 0 Å². The molecule has 1 aliphatic rings. The van der Waals surface area contributed by atoms with Crippen molar-refractivity contribution in [3.05, 3.63) is 34.9 Å². The van der Waals surface area contributed by atoms with E-state index in [-0.39, 0.29) is 0 Å². The van der Waals surface area contributed by atoms with Gasteiger partial charge in [-0.15, -0.1) is 0 Å². The Morgan fingerprint density at radius 3 is 2.58 bits per heavy atom. The minimum absolute atomic E-state index is 0.301. The molecule has 1 aromatic carbocycles. The van der Waals surface area contributed by atoms with Gasteiger partial charge in [0, 0.05) is 12.6 Å². The minimum Gasteiger partial charge on any atom is -0.389 e. The fourth-order valence-corrected chi connectivity index (χ4v) is 2.82. The van der Waals surface area contributed by atoms with Crippen molar-refractivity contribution in [1.29, 1.82) is 0 Å². The van der Waals surface area contributed by atoms with E-state index in [0.29, 0.717) is 12.6 Å². The van der Waals surface area contributed by atoms with Crippen LogP contribution in [-0.4, -0.2) is 17.3 Å². The van der Waals surface area contributed by atoms with Crippen LogP contribution in [0.4, 0.5) is 0 Å². The number of aliphatic hydroxyl groups is 1. The smallest absolute Gasteiger partial charge is 0.0766 e. The number of fused-ring (bicyclic) bond motifs is 1. The summed E-state index contributed by atoms with van der Waals surface area (Å²) in [7, 11) is 0. The van der Waals surface area contributed by atoms with Gasteiger partial charge >= 0.3 is 0 Å². The minimum atomic E-state index is -0.564. The van der Waals surface area contributed by atoms with Gasteiger partial charge < -0.3 is 10.4 Å². The summed E-state index contributed by atoms with van der Waals surface area (Å²) >= 11 is 0. The number of hydrogen-bond donors (Lipinski definition) is 2. The lowest BCUT2D eigenvalue weighted by Gasteiger charge is -2.28. The van der Waals surface area contributed by atoms with E-state index in [9.17, 15) is 5.11 Å². The van der Waals surface area contributed by atoms with Gasteiger partial charge in [0.2, 0.25) is 0 Å². The molecule has 0 saturated heterocycles. The average molecular weight is 261 g/mol. The monoisotopic (exact) mass is 261 g/mol. The molecule has 106 valence electrons. The zero-order valence-electron chi connectivity index (χ0n) is 12.5. The van der Waals surface area contributed by atoms with Crippen LogP contribution < -0.4 is 5.32 Å². The standard InChI is InChI=1S/C17H27NO/c1-4-17(19,5-2)12-18-13(3)15-10-9-14-7-6-8-16(14)11-15/h9-11,13,18-19H,4-8,12H2,1-3H3. The van der Waals surface area contributed by atoms with Gasteiger partial charge in [-0.05, 0) is 55.7 Å². The summed E-state index contributed by atoms with van der Waals surface area (Å²) < 4.78 is 0. The van der Waals surface area contributed by atoms with Crippen LogP contribution in [0.3, 0.4) is 0 Å². The molecule has 1 aliphatic carbocycles. The van der Waals surface area contributed by atoms with Gasteiger partial charge in [0.15, 0.2) is 0 Å². The van der Waals surface area contributed by atoms with Crippen LogP contribution in [-0.2, 0) is 12.8 Å². The Hall–Kier alpha value is -0.860. The molecule has 1 aromatic rings. The molecule has 0 heterocycles. The molecule has 0 radical (unpaired) electrons. The van der Waals surface area contributed by atoms with E-state index in [2.05, 4.69) is 30.4 Å². The van der Waals surface area contributed by atoms with E-state index in [1.165, 1.54) is 36.0 Å². The number of benzene rings is 1. The first kappa shape index (κ1) is 14.5. The third-order valence-corrected chi connectivity index (χ3v) is 4.68. The Labute approximate surface area is 117 Å². The summed E-state index contributed by atoms with van der Waals surface area (Å²) in [5.41, 5.74) is 3.82. The normalized spacial score (nSPS) is 16.4.